The van der Waals surface area contributed by atoms with Crippen molar-refractivity contribution in [2.24, 2.45) is 0 Å². The lowest BCUT2D eigenvalue weighted by atomic mass is 10.0. The molecule has 234 valence electrons. The van der Waals surface area contributed by atoms with Gasteiger partial charge in [0, 0.05) is 19.0 Å². The third-order valence-electron chi connectivity index (χ3n) is 7.96. The van der Waals surface area contributed by atoms with Crippen LogP contribution >= 0.6 is 0 Å². The number of sulfonamides is 1. The average Bonchev–Trinajstić information content (AvgIpc) is 3.56. The number of nitrogens with zero attached hydrogens (tertiary/aromatic N) is 2. The highest BCUT2D eigenvalue weighted by Crippen LogP contribution is 2.26. The maximum absolute atomic E-state index is 14.4. The van der Waals surface area contributed by atoms with Gasteiger partial charge < -0.3 is 10.2 Å². The topological polar surface area (TPSA) is 86.8 Å². The Morgan fingerprint density at radius 1 is 0.756 bits per heavy atom. The van der Waals surface area contributed by atoms with E-state index in [-0.39, 0.29) is 35.5 Å². The number of amides is 2. The highest BCUT2D eigenvalue weighted by atomic mass is 32.2. The first kappa shape index (κ1) is 31.8. The number of hydrogen-bond acceptors (Lipinski definition) is 4. The van der Waals surface area contributed by atoms with E-state index in [0.717, 1.165) is 59.8 Å². The Bertz CT molecular complexity index is 1680. The zero-order valence-electron chi connectivity index (χ0n) is 24.7. The highest BCUT2D eigenvalue weighted by molar-refractivity contribution is 7.92. The summed E-state index contributed by atoms with van der Waals surface area (Å²) >= 11 is 0. The van der Waals surface area contributed by atoms with Crippen LogP contribution in [0.3, 0.4) is 0 Å². The molecule has 1 fully saturated rings. The molecule has 0 unspecified atom stereocenters. The second kappa shape index (κ2) is 14.5. The first-order chi connectivity index (χ1) is 21.7. The van der Waals surface area contributed by atoms with Gasteiger partial charge in [-0.15, -0.1) is 0 Å². The summed E-state index contributed by atoms with van der Waals surface area (Å²) in [5.41, 5.74) is 1.62. The zero-order valence-corrected chi connectivity index (χ0v) is 25.5. The Morgan fingerprint density at radius 3 is 1.91 bits per heavy atom. The molecule has 1 N–H and O–H groups in total. The summed E-state index contributed by atoms with van der Waals surface area (Å²) in [6.07, 6.45) is 3.86. The number of carbonyl (C=O) groups is 2. The van der Waals surface area contributed by atoms with E-state index < -0.39 is 40.2 Å². The summed E-state index contributed by atoms with van der Waals surface area (Å²) in [5.74, 6) is -2.01. The Hall–Kier alpha value is -4.57. The average molecular weight is 632 g/mol. The predicted molar refractivity (Wildman–Crippen MR) is 169 cm³/mol. The van der Waals surface area contributed by atoms with E-state index in [4.69, 9.17) is 0 Å². The summed E-state index contributed by atoms with van der Waals surface area (Å²) < 4.78 is 56.4. The number of halogens is 2. The molecule has 0 bridgehead atoms. The largest absolute Gasteiger partial charge is 0.352 e. The van der Waals surface area contributed by atoms with Crippen LogP contribution in [0.15, 0.2) is 114 Å². The van der Waals surface area contributed by atoms with Crippen molar-refractivity contribution in [3.05, 3.63) is 132 Å². The molecule has 0 radical (unpaired) electrons. The van der Waals surface area contributed by atoms with Crippen LogP contribution in [0.5, 0.6) is 0 Å². The van der Waals surface area contributed by atoms with Gasteiger partial charge in [-0.2, -0.15) is 0 Å². The fraction of sp³-hybridized carbons (Fsp3) is 0.257. The smallest absolute Gasteiger partial charge is 0.264 e. The summed E-state index contributed by atoms with van der Waals surface area (Å²) in [4.78, 5) is 29.6. The van der Waals surface area contributed by atoms with Gasteiger partial charge in [-0.1, -0.05) is 73.5 Å². The molecule has 7 nitrogen and oxygen atoms in total. The molecule has 0 spiro atoms. The molecule has 1 aliphatic rings. The van der Waals surface area contributed by atoms with Crippen LogP contribution in [0, 0.1) is 11.6 Å². The van der Waals surface area contributed by atoms with Crippen LogP contribution < -0.4 is 9.62 Å². The van der Waals surface area contributed by atoms with Crippen molar-refractivity contribution in [2.45, 2.75) is 55.6 Å². The first-order valence-corrected chi connectivity index (χ1v) is 16.4. The van der Waals surface area contributed by atoms with Crippen LogP contribution in [0.2, 0.25) is 0 Å². The van der Waals surface area contributed by atoms with Gasteiger partial charge in [-0.25, -0.2) is 17.2 Å². The standard InChI is InChI=1S/C35H35F2N3O4S/c36-28-17-15-27(16-18-28)24-39(33(23-26-9-3-1-4-10-26)35(42)38-30-11-7-8-12-30)34(41)25-40(31-13-5-2-6-14-31)45(43,44)32-21-19-29(37)20-22-32/h1-6,9-10,13-22,30,33H,7-8,11-12,23-25H2,(H,38,42)/t33-/m1/s1. The van der Waals surface area contributed by atoms with Gasteiger partial charge in [0.1, 0.15) is 24.2 Å². The van der Waals surface area contributed by atoms with Crippen molar-refractivity contribution in [3.63, 3.8) is 0 Å². The molecule has 10 heteroatoms. The molecule has 0 aromatic heterocycles. The van der Waals surface area contributed by atoms with Gasteiger partial charge in [0.05, 0.1) is 10.6 Å². The van der Waals surface area contributed by atoms with Gasteiger partial charge in [-0.05, 0) is 72.5 Å². The highest BCUT2D eigenvalue weighted by Gasteiger charge is 2.35. The second-order valence-electron chi connectivity index (χ2n) is 11.1. The maximum atomic E-state index is 14.4. The molecule has 1 aliphatic carbocycles. The molecule has 2 amide bonds. The summed E-state index contributed by atoms with van der Waals surface area (Å²) in [7, 11) is -4.33. The van der Waals surface area contributed by atoms with Crippen LogP contribution in [-0.4, -0.2) is 43.8 Å². The summed E-state index contributed by atoms with van der Waals surface area (Å²) in [5, 5.41) is 3.12. The quantitative estimate of drug-likeness (QED) is 0.212. The molecule has 45 heavy (non-hydrogen) atoms. The number of anilines is 1. The first-order valence-electron chi connectivity index (χ1n) is 14.9. The van der Waals surface area contributed by atoms with Crippen molar-refractivity contribution in [3.8, 4) is 0 Å². The number of rotatable bonds is 12. The van der Waals surface area contributed by atoms with Crippen LogP contribution in [0.25, 0.3) is 0 Å². The fourth-order valence-corrected chi connectivity index (χ4v) is 6.98. The lowest BCUT2D eigenvalue weighted by molar-refractivity contribution is -0.140. The van der Waals surface area contributed by atoms with Gasteiger partial charge in [0.15, 0.2) is 0 Å². The van der Waals surface area contributed by atoms with Gasteiger partial charge in [0.25, 0.3) is 10.0 Å². The molecule has 1 saturated carbocycles. The molecule has 0 heterocycles. The Labute approximate surface area is 262 Å². The van der Waals surface area contributed by atoms with E-state index in [1.807, 2.05) is 30.3 Å². The number of carbonyl (C=O) groups excluding carboxylic acids is 2. The van der Waals surface area contributed by atoms with Crippen molar-refractivity contribution < 1.29 is 26.8 Å². The lowest BCUT2D eigenvalue weighted by Crippen LogP contribution is -2.54. The number of benzene rings is 4. The molecular formula is C35H35F2N3O4S. The fourth-order valence-electron chi connectivity index (χ4n) is 5.56. The number of para-hydroxylation sites is 1. The van der Waals surface area contributed by atoms with Crippen LogP contribution in [-0.2, 0) is 32.6 Å². The minimum absolute atomic E-state index is 0.0155. The van der Waals surface area contributed by atoms with E-state index in [9.17, 15) is 26.8 Å². The third kappa shape index (κ3) is 8.13. The maximum Gasteiger partial charge on any atom is 0.264 e. The molecular weight excluding hydrogens is 596 g/mol. The zero-order chi connectivity index (χ0) is 31.8. The lowest BCUT2D eigenvalue weighted by Gasteiger charge is -2.34. The molecule has 0 aliphatic heterocycles. The Balaban J connectivity index is 1.54. The SMILES string of the molecule is O=C(NC1CCCC1)[C@@H](Cc1ccccc1)N(Cc1ccc(F)cc1)C(=O)CN(c1ccccc1)S(=O)(=O)c1ccc(F)cc1. The second-order valence-corrected chi connectivity index (χ2v) is 13.0. The molecule has 1 atom stereocenters. The summed E-state index contributed by atoms with van der Waals surface area (Å²) in [6.45, 7) is -0.694. The minimum Gasteiger partial charge on any atom is -0.352 e. The van der Waals surface area contributed by atoms with Crippen LogP contribution in [0.1, 0.15) is 36.8 Å². The van der Waals surface area contributed by atoms with Crippen molar-refractivity contribution >= 4 is 27.5 Å². The number of nitrogens with one attached hydrogen (secondary N) is 1. The van der Waals surface area contributed by atoms with Crippen molar-refractivity contribution in [1.29, 1.82) is 0 Å². The monoisotopic (exact) mass is 631 g/mol. The summed E-state index contributed by atoms with van der Waals surface area (Å²) in [6, 6.07) is 26.4. The Morgan fingerprint density at radius 2 is 1.31 bits per heavy atom. The minimum atomic E-state index is -4.33. The van der Waals surface area contributed by atoms with E-state index in [1.165, 1.54) is 29.2 Å². The third-order valence-corrected chi connectivity index (χ3v) is 9.75. The Kier molecular flexibility index (Phi) is 10.2. The molecule has 5 rings (SSSR count). The number of hydrogen-bond donors (Lipinski definition) is 1. The van der Waals surface area contributed by atoms with Crippen molar-refractivity contribution in [1.82, 2.24) is 10.2 Å². The van der Waals surface area contributed by atoms with Crippen molar-refractivity contribution in [2.75, 3.05) is 10.8 Å². The van der Waals surface area contributed by atoms with E-state index in [0.29, 0.717) is 5.56 Å². The predicted octanol–water partition coefficient (Wildman–Crippen LogP) is 5.86. The molecule has 4 aromatic rings. The van der Waals surface area contributed by atoms with E-state index in [1.54, 1.807) is 30.3 Å². The van der Waals surface area contributed by atoms with Crippen LogP contribution in [0.4, 0.5) is 14.5 Å². The van der Waals surface area contributed by atoms with Gasteiger partial charge >= 0.3 is 0 Å². The molecule has 4 aromatic carbocycles. The van der Waals surface area contributed by atoms with Gasteiger partial charge in [0.2, 0.25) is 11.8 Å². The van der Waals surface area contributed by atoms with E-state index >= 15 is 0 Å². The normalized spacial score (nSPS) is 14.1. The van der Waals surface area contributed by atoms with Gasteiger partial charge in [-0.3, -0.25) is 13.9 Å². The van der Waals surface area contributed by atoms with E-state index in [2.05, 4.69) is 5.32 Å². The molecule has 0 saturated heterocycles.